The SMILES string of the molecule is CCc1ccc(NC(=O)N2Cc3c(CC)nn(-c4ccccc4)c3-n3cccc3[C@@H]2c2ccc(OC)cc2)cc1. The van der Waals surface area contributed by atoms with E-state index in [1.165, 1.54) is 5.56 Å². The molecule has 0 aliphatic carbocycles. The number of fused-ring (bicyclic) bond motifs is 3. The second-order valence-corrected chi connectivity index (χ2v) is 9.94. The Kier molecular flexibility index (Phi) is 6.86. The fourth-order valence-electron chi connectivity index (χ4n) is 5.50. The molecule has 6 rings (SSSR count). The Balaban J connectivity index is 1.51. The standard InChI is InChI=1S/C33H33N5O2/c1-4-23-13-17-25(18-14-23)34-33(39)37-22-28-29(5-2)35-38(26-10-7-6-8-11-26)32(28)36-21-9-12-30(36)31(37)24-15-19-27(40-3)20-16-24/h6-21,31H,4-5,22H2,1-3H3,(H,34,39)/t31-/m0/s1. The van der Waals surface area contributed by atoms with Crippen LogP contribution in [0.15, 0.2) is 97.2 Å². The molecule has 7 nitrogen and oxygen atoms in total. The van der Waals surface area contributed by atoms with Crippen molar-refractivity contribution in [2.24, 2.45) is 0 Å². The number of nitrogens with one attached hydrogen (secondary N) is 1. The molecule has 2 amide bonds. The molecule has 0 unspecified atom stereocenters. The van der Waals surface area contributed by atoms with Gasteiger partial charge in [-0.1, -0.05) is 56.3 Å². The Morgan fingerprint density at radius 3 is 2.35 bits per heavy atom. The van der Waals surface area contributed by atoms with Crippen LogP contribution in [-0.2, 0) is 19.4 Å². The van der Waals surface area contributed by atoms with Crippen molar-refractivity contribution in [1.82, 2.24) is 19.2 Å². The van der Waals surface area contributed by atoms with Gasteiger partial charge in [0.15, 0.2) is 0 Å². The summed E-state index contributed by atoms with van der Waals surface area (Å²) in [5.74, 6) is 1.74. The maximum atomic E-state index is 14.2. The van der Waals surface area contributed by atoms with Crippen LogP contribution in [0.3, 0.4) is 0 Å². The number of rotatable bonds is 6. The molecule has 0 saturated heterocycles. The molecule has 0 bridgehead atoms. The summed E-state index contributed by atoms with van der Waals surface area (Å²) >= 11 is 0. The zero-order chi connectivity index (χ0) is 27.6. The highest BCUT2D eigenvalue weighted by atomic mass is 16.5. The van der Waals surface area contributed by atoms with Gasteiger partial charge in [0.05, 0.1) is 36.8 Å². The first-order valence-electron chi connectivity index (χ1n) is 13.8. The van der Waals surface area contributed by atoms with Gasteiger partial charge in [0.2, 0.25) is 0 Å². The Bertz CT molecular complexity index is 1620. The largest absolute Gasteiger partial charge is 0.497 e. The zero-order valence-electron chi connectivity index (χ0n) is 23.0. The number of aromatic nitrogens is 3. The molecule has 1 atom stereocenters. The third kappa shape index (κ3) is 4.53. The van der Waals surface area contributed by atoms with Crippen molar-refractivity contribution in [3.8, 4) is 17.3 Å². The van der Waals surface area contributed by atoms with Crippen LogP contribution >= 0.6 is 0 Å². The minimum absolute atomic E-state index is 0.166. The van der Waals surface area contributed by atoms with Crippen LogP contribution in [-0.4, -0.2) is 32.4 Å². The molecule has 0 spiro atoms. The highest BCUT2D eigenvalue weighted by Crippen LogP contribution is 2.39. The number of anilines is 1. The van der Waals surface area contributed by atoms with Crippen LogP contribution < -0.4 is 10.1 Å². The van der Waals surface area contributed by atoms with Gasteiger partial charge in [0.25, 0.3) is 0 Å². The van der Waals surface area contributed by atoms with Crippen LogP contribution in [0.25, 0.3) is 11.5 Å². The van der Waals surface area contributed by atoms with Crippen LogP contribution in [0.5, 0.6) is 5.75 Å². The summed E-state index contributed by atoms with van der Waals surface area (Å²) in [6.45, 7) is 4.64. The molecular weight excluding hydrogens is 498 g/mol. The molecule has 7 heteroatoms. The highest BCUT2D eigenvalue weighted by Gasteiger charge is 2.36. The molecular formula is C33H33N5O2. The van der Waals surface area contributed by atoms with E-state index in [1.807, 2.05) is 70.2 Å². The number of hydrogen-bond donors (Lipinski definition) is 1. The maximum Gasteiger partial charge on any atom is 0.322 e. The van der Waals surface area contributed by atoms with Gasteiger partial charge >= 0.3 is 6.03 Å². The Hall–Kier alpha value is -4.78. The van der Waals surface area contributed by atoms with Crippen molar-refractivity contribution in [1.29, 1.82) is 0 Å². The molecule has 3 heterocycles. The van der Waals surface area contributed by atoms with Crippen molar-refractivity contribution in [2.45, 2.75) is 39.3 Å². The third-order valence-electron chi connectivity index (χ3n) is 7.61. The second-order valence-electron chi connectivity index (χ2n) is 9.94. The number of carbonyl (C=O) groups excluding carboxylic acids is 1. The van der Waals surface area contributed by atoms with E-state index in [4.69, 9.17) is 9.84 Å². The lowest BCUT2D eigenvalue weighted by Gasteiger charge is -2.31. The smallest absolute Gasteiger partial charge is 0.322 e. The van der Waals surface area contributed by atoms with E-state index in [9.17, 15) is 4.79 Å². The number of aryl methyl sites for hydroxylation is 2. The van der Waals surface area contributed by atoms with Gasteiger partial charge in [-0.2, -0.15) is 5.10 Å². The first-order chi connectivity index (χ1) is 19.6. The summed E-state index contributed by atoms with van der Waals surface area (Å²) in [4.78, 5) is 16.1. The normalized spacial score (nSPS) is 14.3. The van der Waals surface area contributed by atoms with E-state index >= 15 is 0 Å². The molecule has 2 aromatic heterocycles. The minimum atomic E-state index is -0.336. The molecule has 0 saturated carbocycles. The average molecular weight is 532 g/mol. The van der Waals surface area contributed by atoms with Gasteiger partial charge in [0.1, 0.15) is 11.6 Å². The number of para-hydroxylation sites is 1. The Morgan fingerprint density at radius 1 is 0.925 bits per heavy atom. The monoisotopic (exact) mass is 531 g/mol. The van der Waals surface area contributed by atoms with Crippen molar-refractivity contribution in [3.63, 3.8) is 0 Å². The molecule has 1 N–H and O–H groups in total. The Morgan fingerprint density at radius 2 is 1.68 bits per heavy atom. The van der Waals surface area contributed by atoms with Crippen molar-refractivity contribution < 1.29 is 9.53 Å². The van der Waals surface area contributed by atoms with E-state index in [1.54, 1.807) is 7.11 Å². The van der Waals surface area contributed by atoms with Gasteiger partial charge < -0.3 is 19.5 Å². The number of carbonyl (C=O) groups is 1. The molecule has 3 aromatic carbocycles. The Labute approximate surface area is 234 Å². The molecule has 1 aliphatic rings. The summed E-state index contributed by atoms with van der Waals surface area (Å²) < 4.78 is 9.63. The minimum Gasteiger partial charge on any atom is -0.497 e. The first-order valence-corrected chi connectivity index (χ1v) is 13.8. The quantitative estimate of drug-likeness (QED) is 0.258. The zero-order valence-corrected chi connectivity index (χ0v) is 23.0. The van der Waals surface area contributed by atoms with Crippen molar-refractivity contribution >= 4 is 11.7 Å². The summed E-state index contributed by atoms with van der Waals surface area (Å²) in [6, 6.07) is 29.8. The van der Waals surface area contributed by atoms with E-state index in [-0.39, 0.29) is 12.1 Å². The third-order valence-corrected chi connectivity index (χ3v) is 7.61. The lowest BCUT2D eigenvalue weighted by Crippen LogP contribution is -2.38. The van der Waals surface area contributed by atoms with Crippen molar-refractivity contribution in [3.05, 3.63) is 125 Å². The number of methoxy groups -OCH3 is 1. The van der Waals surface area contributed by atoms with Gasteiger partial charge in [-0.25, -0.2) is 9.48 Å². The predicted molar refractivity (Wildman–Crippen MR) is 157 cm³/mol. The summed E-state index contributed by atoms with van der Waals surface area (Å²) in [6.07, 6.45) is 3.76. The van der Waals surface area contributed by atoms with Gasteiger partial charge in [-0.05, 0) is 72.5 Å². The molecule has 0 fully saturated rings. The number of amides is 2. The van der Waals surface area contributed by atoms with Crippen LogP contribution in [0, 0.1) is 0 Å². The average Bonchev–Trinajstić information content (AvgIpc) is 3.59. The van der Waals surface area contributed by atoms with E-state index in [2.05, 4.69) is 60.3 Å². The summed E-state index contributed by atoms with van der Waals surface area (Å²) in [5.41, 5.74) is 6.97. The van der Waals surface area contributed by atoms with Gasteiger partial charge in [-0.3, -0.25) is 0 Å². The molecule has 5 aromatic rings. The van der Waals surface area contributed by atoms with Crippen LogP contribution in [0.1, 0.15) is 48.0 Å². The first kappa shape index (κ1) is 25.5. The number of ether oxygens (including phenoxy) is 1. The lowest BCUT2D eigenvalue weighted by atomic mass is 10.0. The molecule has 40 heavy (non-hydrogen) atoms. The number of nitrogens with zero attached hydrogens (tertiary/aromatic N) is 4. The summed E-state index contributed by atoms with van der Waals surface area (Å²) in [7, 11) is 1.66. The molecule has 202 valence electrons. The van der Waals surface area contributed by atoms with Crippen LogP contribution in [0.2, 0.25) is 0 Å². The van der Waals surface area contributed by atoms with Gasteiger partial charge in [0, 0.05) is 17.4 Å². The number of hydrogen-bond acceptors (Lipinski definition) is 3. The van der Waals surface area contributed by atoms with Crippen LogP contribution in [0.4, 0.5) is 10.5 Å². The summed E-state index contributed by atoms with van der Waals surface area (Å²) in [5, 5.41) is 8.21. The second kappa shape index (κ2) is 10.8. The van der Waals surface area contributed by atoms with E-state index in [0.717, 1.165) is 58.3 Å². The number of benzene rings is 3. The fraction of sp³-hybridized carbons (Fsp3) is 0.212. The lowest BCUT2D eigenvalue weighted by molar-refractivity contribution is 0.194. The molecule has 0 radical (unpaired) electrons. The topological polar surface area (TPSA) is 64.3 Å². The molecule has 1 aliphatic heterocycles. The number of urea groups is 1. The van der Waals surface area contributed by atoms with Crippen molar-refractivity contribution in [2.75, 3.05) is 12.4 Å². The maximum absolute atomic E-state index is 14.2. The highest BCUT2D eigenvalue weighted by molar-refractivity contribution is 5.90. The van der Waals surface area contributed by atoms with Gasteiger partial charge in [-0.15, -0.1) is 0 Å². The fourth-order valence-corrected chi connectivity index (χ4v) is 5.50. The predicted octanol–water partition coefficient (Wildman–Crippen LogP) is 6.93. The van der Waals surface area contributed by atoms with E-state index in [0.29, 0.717) is 6.54 Å². The van der Waals surface area contributed by atoms with E-state index < -0.39 is 0 Å².